The highest BCUT2D eigenvalue weighted by atomic mass is 32.2. The molecule has 0 amide bonds. The fourth-order valence-corrected chi connectivity index (χ4v) is 2.07. The number of rotatable bonds is 2. The molecule has 0 aliphatic carbocycles. The Balaban J connectivity index is 2.73. The summed E-state index contributed by atoms with van der Waals surface area (Å²) in [6, 6.07) is 10.0. The van der Waals surface area contributed by atoms with Crippen LogP contribution in [0.1, 0.15) is 5.69 Å². The Morgan fingerprint density at radius 2 is 2.14 bits per heavy atom. The molecule has 14 heavy (non-hydrogen) atoms. The van der Waals surface area contributed by atoms with Gasteiger partial charge in [0.2, 0.25) is 0 Å². The minimum absolute atomic E-state index is 0.00159. The van der Waals surface area contributed by atoms with E-state index in [4.69, 9.17) is 5.11 Å². The van der Waals surface area contributed by atoms with Gasteiger partial charge in [-0.2, -0.15) is 0 Å². The summed E-state index contributed by atoms with van der Waals surface area (Å²) in [4.78, 5) is 4.35. The third kappa shape index (κ3) is 1.61. The lowest BCUT2D eigenvalue weighted by molar-refractivity contribution is 0.276. The molecule has 0 bridgehead atoms. The Labute approximate surface area is 87.0 Å². The second-order valence-corrected chi connectivity index (χ2v) is 3.80. The molecule has 72 valence electrons. The van der Waals surface area contributed by atoms with Gasteiger partial charge in [-0.15, -0.1) is 11.8 Å². The van der Waals surface area contributed by atoms with E-state index in [2.05, 4.69) is 11.1 Å². The molecule has 0 fully saturated rings. The van der Waals surface area contributed by atoms with Crippen molar-refractivity contribution < 1.29 is 5.11 Å². The molecule has 0 unspecified atom stereocenters. The van der Waals surface area contributed by atoms with Crippen LogP contribution in [0, 0.1) is 0 Å². The van der Waals surface area contributed by atoms with Crippen molar-refractivity contribution >= 4 is 22.5 Å². The van der Waals surface area contributed by atoms with Crippen LogP contribution in [0.5, 0.6) is 0 Å². The lowest BCUT2D eigenvalue weighted by Crippen LogP contribution is -1.91. The first-order chi connectivity index (χ1) is 6.85. The van der Waals surface area contributed by atoms with Crippen LogP contribution in [-0.2, 0) is 6.61 Å². The van der Waals surface area contributed by atoms with E-state index < -0.39 is 0 Å². The number of hydrogen-bond acceptors (Lipinski definition) is 3. The van der Waals surface area contributed by atoms with E-state index in [-0.39, 0.29) is 6.61 Å². The van der Waals surface area contributed by atoms with Crippen LogP contribution in [0.25, 0.3) is 10.8 Å². The summed E-state index contributed by atoms with van der Waals surface area (Å²) in [5.74, 6) is 0. The minimum atomic E-state index is -0.00159. The molecule has 0 radical (unpaired) electrons. The summed E-state index contributed by atoms with van der Waals surface area (Å²) in [6.45, 7) is -0.00159. The third-order valence-electron chi connectivity index (χ3n) is 2.11. The molecule has 2 rings (SSSR count). The van der Waals surface area contributed by atoms with E-state index in [1.165, 1.54) is 0 Å². The number of hydrogen-bond donors (Lipinski definition) is 1. The predicted molar refractivity (Wildman–Crippen MR) is 59.4 cm³/mol. The standard InChI is InChI=1S/C11H11NOS/c1-14-11-10-5-3-2-4-8(10)6-9(7-13)12-11/h2-6,13H,7H2,1H3. The zero-order chi connectivity index (χ0) is 9.97. The first-order valence-corrected chi connectivity index (χ1v) is 5.61. The molecular weight excluding hydrogens is 194 g/mol. The van der Waals surface area contributed by atoms with Gasteiger partial charge in [0.05, 0.1) is 12.3 Å². The topological polar surface area (TPSA) is 33.1 Å². The molecule has 0 spiro atoms. The second kappa shape index (κ2) is 3.98. The quantitative estimate of drug-likeness (QED) is 0.764. The van der Waals surface area contributed by atoms with E-state index in [9.17, 15) is 0 Å². The number of aliphatic hydroxyl groups is 1. The summed E-state index contributed by atoms with van der Waals surface area (Å²) in [5, 5.41) is 12.3. The molecule has 2 aromatic rings. The van der Waals surface area contributed by atoms with Gasteiger partial charge in [-0.25, -0.2) is 4.98 Å². The molecule has 0 aliphatic rings. The number of benzene rings is 1. The summed E-state index contributed by atoms with van der Waals surface area (Å²) >= 11 is 1.61. The lowest BCUT2D eigenvalue weighted by Gasteiger charge is -2.05. The maximum Gasteiger partial charge on any atom is 0.104 e. The zero-order valence-corrected chi connectivity index (χ0v) is 8.71. The molecule has 1 N–H and O–H groups in total. The number of thioether (sulfide) groups is 1. The van der Waals surface area contributed by atoms with Crippen molar-refractivity contribution in [2.24, 2.45) is 0 Å². The van der Waals surface area contributed by atoms with Crippen molar-refractivity contribution in [3.63, 3.8) is 0 Å². The normalized spacial score (nSPS) is 10.7. The largest absolute Gasteiger partial charge is 0.390 e. The maximum absolute atomic E-state index is 9.05. The molecule has 1 aromatic heterocycles. The van der Waals surface area contributed by atoms with Gasteiger partial charge in [-0.1, -0.05) is 24.3 Å². The molecule has 3 heteroatoms. The van der Waals surface area contributed by atoms with Gasteiger partial charge in [0.25, 0.3) is 0 Å². The van der Waals surface area contributed by atoms with Gasteiger partial charge < -0.3 is 5.11 Å². The van der Waals surface area contributed by atoms with Crippen molar-refractivity contribution in [3.8, 4) is 0 Å². The molecule has 1 aromatic carbocycles. The van der Waals surface area contributed by atoms with E-state index in [0.717, 1.165) is 21.5 Å². The van der Waals surface area contributed by atoms with Gasteiger partial charge in [0.15, 0.2) is 0 Å². The van der Waals surface area contributed by atoms with Gasteiger partial charge in [-0.05, 0) is 17.7 Å². The minimum Gasteiger partial charge on any atom is -0.390 e. The van der Waals surface area contributed by atoms with Crippen molar-refractivity contribution in [1.82, 2.24) is 4.98 Å². The predicted octanol–water partition coefficient (Wildman–Crippen LogP) is 2.45. The number of aliphatic hydroxyl groups excluding tert-OH is 1. The summed E-state index contributed by atoms with van der Waals surface area (Å²) in [6.07, 6.45) is 2.00. The van der Waals surface area contributed by atoms with Gasteiger partial charge in [0.1, 0.15) is 5.03 Å². The van der Waals surface area contributed by atoms with E-state index >= 15 is 0 Å². The first kappa shape index (κ1) is 9.49. The van der Waals surface area contributed by atoms with Crippen LogP contribution in [0.2, 0.25) is 0 Å². The van der Waals surface area contributed by atoms with Crippen LogP contribution in [0.3, 0.4) is 0 Å². The molecular formula is C11H11NOS. The SMILES string of the molecule is CSc1nc(CO)cc2ccccc12. The molecule has 0 saturated carbocycles. The summed E-state index contributed by atoms with van der Waals surface area (Å²) in [7, 11) is 0. The fourth-order valence-electron chi connectivity index (χ4n) is 1.46. The van der Waals surface area contributed by atoms with Crippen molar-refractivity contribution in [3.05, 3.63) is 36.0 Å². The van der Waals surface area contributed by atoms with Crippen LogP contribution in [0.4, 0.5) is 0 Å². The highest BCUT2D eigenvalue weighted by molar-refractivity contribution is 7.98. The zero-order valence-electron chi connectivity index (χ0n) is 7.90. The van der Waals surface area contributed by atoms with Crippen LogP contribution in [0.15, 0.2) is 35.4 Å². The highest BCUT2D eigenvalue weighted by Crippen LogP contribution is 2.24. The third-order valence-corrected chi connectivity index (χ3v) is 2.81. The first-order valence-electron chi connectivity index (χ1n) is 4.38. The number of aromatic nitrogens is 1. The van der Waals surface area contributed by atoms with Crippen LogP contribution >= 0.6 is 11.8 Å². The fraction of sp³-hybridized carbons (Fsp3) is 0.182. The monoisotopic (exact) mass is 205 g/mol. The molecule has 0 saturated heterocycles. The Morgan fingerprint density at radius 3 is 2.86 bits per heavy atom. The van der Waals surface area contributed by atoms with Crippen molar-refractivity contribution in [2.45, 2.75) is 11.6 Å². The molecule has 2 nitrogen and oxygen atoms in total. The van der Waals surface area contributed by atoms with Crippen LogP contribution in [-0.4, -0.2) is 16.3 Å². The highest BCUT2D eigenvalue weighted by Gasteiger charge is 2.03. The number of pyridine rings is 1. The Kier molecular flexibility index (Phi) is 2.70. The smallest absolute Gasteiger partial charge is 0.104 e. The Bertz CT molecular complexity index is 456. The van der Waals surface area contributed by atoms with E-state index in [1.807, 2.05) is 30.5 Å². The Hall–Kier alpha value is -1.06. The number of fused-ring (bicyclic) bond motifs is 1. The molecule has 0 atom stereocenters. The molecule has 1 heterocycles. The average molecular weight is 205 g/mol. The maximum atomic E-state index is 9.05. The molecule has 0 aliphatic heterocycles. The van der Waals surface area contributed by atoms with Gasteiger partial charge >= 0.3 is 0 Å². The summed E-state index contributed by atoms with van der Waals surface area (Å²) in [5.41, 5.74) is 0.730. The van der Waals surface area contributed by atoms with E-state index in [1.54, 1.807) is 11.8 Å². The van der Waals surface area contributed by atoms with Gasteiger partial charge in [-0.3, -0.25) is 0 Å². The van der Waals surface area contributed by atoms with Gasteiger partial charge in [0, 0.05) is 5.39 Å². The van der Waals surface area contributed by atoms with Crippen molar-refractivity contribution in [1.29, 1.82) is 0 Å². The lowest BCUT2D eigenvalue weighted by atomic mass is 10.1. The number of nitrogens with zero attached hydrogens (tertiary/aromatic N) is 1. The second-order valence-electron chi connectivity index (χ2n) is 3.00. The van der Waals surface area contributed by atoms with Crippen LogP contribution < -0.4 is 0 Å². The Morgan fingerprint density at radius 1 is 1.36 bits per heavy atom. The average Bonchev–Trinajstić information content (AvgIpc) is 2.27. The van der Waals surface area contributed by atoms with E-state index in [0.29, 0.717) is 0 Å². The van der Waals surface area contributed by atoms with Crippen molar-refractivity contribution in [2.75, 3.05) is 6.26 Å². The summed E-state index contributed by atoms with van der Waals surface area (Å²) < 4.78 is 0.